The van der Waals surface area contributed by atoms with Crippen LogP contribution in [0.3, 0.4) is 0 Å². The predicted molar refractivity (Wildman–Crippen MR) is 72.5 cm³/mol. The summed E-state index contributed by atoms with van der Waals surface area (Å²) in [4.78, 5) is 8.03. The Morgan fingerprint density at radius 3 is 2.37 bits per heavy atom. The molecule has 7 heteroatoms. The Labute approximate surface area is 116 Å². The summed E-state index contributed by atoms with van der Waals surface area (Å²) in [6.07, 6.45) is 0. The topological polar surface area (TPSA) is 69.2 Å². The minimum Gasteiger partial charge on any atom is -0.265 e. The van der Waals surface area contributed by atoms with Crippen LogP contribution in [0.25, 0.3) is 11.0 Å². The summed E-state index contributed by atoms with van der Waals surface area (Å²) < 4.78 is 28.9. The molecule has 2 rings (SSSR count). The number of benzene rings is 1. The zero-order chi connectivity index (χ0) is 14.0. The van der Waals surface area contributed by atoms with Crippen LogP contribution >= 0.6 is 11.6 Å². The number of hydrogen-bond donors (Lipinski definition) is 0. The van der Waals surface area contributed by atoms with E-state index in [1.165, 1.54) is 0 Å². The standard InChI is InChI=1S/C12H13ClN2O3S/c1-8(2)7-18-19(16,17)12-11(13)14-9-5-3-4-6-10(9)15-12/h3-6,8H,7H2,1-2H3. The van der Waals surface area contributed by atoms with Gasteiger partial charge < -0.3 is 0 Å². The van der Waals surface area contributed by atoms with Crippen LogP contribution < -0.4 is 0 Å². The summed E-state index contributed by atoms with van der Waals surface area (Å²) in [5, 5.41) is -0.518. The van der Waals surface area contributed by atoms with Gasteiger partial charge in [-0.05, 0) is 18.1 Å². The molecular weight excluding hydrogens is 288 g/mol. The van der Waals surface area contributed by atoms with Gasteiger partial charge in [-0.2, -0.15) is 8.42 Å². The molecule has 0 radical (unpaired) electrons. The van der Waals surface area contributed by atoms with E-state index < -0.39 is 10.1 Å². The number of para-hydroxylation sites is 2. The van der Waals surface area contributed by atoms with Crippen molar-refractivity contribution in [3.05, 3.63) is 29.4 Å². The van der Waals surface area contributed by atoms with E-state index in [1.807, 2.05) is 13.8 Å². The van der Waals surface area contributed by atoms with Crippen LogP contribution in [-0.2, 0) is 14.3 Å². The summed E-state index contributed by atoms with van der Waals surface area (Å²) in [7, 11) is -3.98. The van der Waals surface area contributed by atoms with Gasteiger partial charge in [-0.3, -0.25) is 4.18 Å². The van der Waals surface area contributed by atoms with Gasteiger partial charge in [0.2, 0.25) is 5.03 Å². The summed E-state index contributed by atoms with van der Waals surface area (Å²) in [5.41, 5.74) is 0.994. The van der Waals surface area contributed by atoms with E-state index in [0.717, 1.165) is 0 Å². The Balaban J connectivity index is 2.47. The Bertz CT molecular complexity index is 701. The van der Waals surface area contributed by atoms with Crippen LogP contribution in [0.2, 0.25) is 5.15 Å². The van der Waals surface area contributed by atoms with Crippen molar-refractivity contribution in [2.75, 3.05) is 6.61 Å². The molecule has 0 N–H and O–H groups in total. The largest absolute Gasteiger partial charge is 0.317 e. The van der Waals surface area contributed by atoms with E-state index in [4.69, 9.17) is 15.8 Å². The fourth-order valence-electron chi connectivity index (χ4n) is 1.40. The molecule has 0 spiro atoms. The molecule has 0 unspecified atom stereocenters. The number of aromatic nitrogens is 2. The Morgan fingerprint density at radius 1 is 1.21 bits per heavy atom. The molecule has 0 atom stereocenters. The van der Waals surface area contributed by atoms with Crippen molar-refractivity contribution in [2.45, 2.75) is 18.9 Å². The molecule has 0 fully saturated rings. The highest BCUT2D eigenvalue weighted by Gasteiger charge is 2.23. The molecule has 0 aliphatic carbocycles. The molecular formula is C12H13ClN2O3S. The Hall–Kier alpha value is -1.24. The summed E-state index contributed by atoms with van der Waals surface area (Å²) in [6, 6.07) is 6.90. The van der Waals surface area contributed by atoms with Crippen molar-refractivity contribution in [1.29, 1.82) is 0 Å². The van der Waals surface area contributed by atoms with Crippen molar-refractivity contribution in [3.63, 3.8) is 0 Å². The normalized spacial score (nSPS) is 12.2. The van der Waals surface area contributed by atoms with Crippen molar-refractivity contribution < 1.29 is 12.6 Å². The maximum absolute atomic E-state index is 12.0. The zero-order valence-electron chi connectivity index (χ0n) is 10.5. The van der Waals surface area contributed by atoms with Crippen molar-refractivity contribution in [2.24, 2.45) is 5.92 Å². The predicted octanol–water partition coefficient (Wildman–Crippen LogP) is 2.64. The first kappa shape index (κ1) is 14.2. The second kappa shape index (κ2) is 5.40. The number of fused-ring (bicyclic) bond motifs is 1. The third kappa shape index (κ3) is 3.20. The van der Waals surface area contributed by atoms with Gasteiger partial charge in [-0.1, -0.05) is 37.6 Å². The van der Waals surface area contributed by atoms with E-state index in [0.29, 0.717) is 11.0 Å². The summed E-state index contributed by atoms with van der Waals surface area (Å²) >= 11 is 5.87. The van der Waals surface area contributed by atoms with E-state index in [1.54, 1.807) is 24.3 Å². The van der Waals surface area contributed by atoms with E-state index in [-0.39, 0.29) is 22.7 Å². The third-order valence-electron chi connectivity index (χ3n) is 2.29. The highest BCUT2D eigenvalue weighted by Crippen LogP contribution is 2.22. The van der Waals surface area contributed by atoms with E-state index in [9.17, 15) is 8.42 Å². The molecule has 1 aromatic carbocycles. The number of nitrogens with zero attached hydrogens (tertiary/aromatic N) is 2. The van der Waals surface area contributed by atoms with Crippen LogP contribution in [0.4, 0.5) is 0 Å². The lowest BCUT2D eigenvalue weighted by Gasteiger charge is -2.08. The first-order valence-electron chi connectivity index (χ1n) is 5.72. The van der Waals surface area contributed by atoms with Crippen molar-refractivity contribution >= 4 is 32.8 Å². The SMILES string of the molecule is CC(C)COS(=O)(=O)c1nc2ccccc2nc1Cl. The highest BCUT2D eigenvalue weighted by atomic mass is 35.5. The smallest absolute Gasteiger partial charge is 0.265 e. The number of halogens is 1. The van der Waals surface area contributed by atoms with Gasteiger partial charge in [0, 0.05) is 0 Å². The van der Waals surface area contributed by atoms with Crippen LogP contribution in [0.1, 0.15) is 13.8 Å². The molecule has 0 saturated heterocycles. The van der Waals surface area contributed by atoms with Crippen molar-refractivity contribution in [3.8, 4) is 0 Å². The molecule has 0 aliphatic heterocycles. The lowest BCUT2D eigenvalue weighted by molar-refractivity contribution is 0.274. The van der Waals surface area contributed by atoms with Crippen molar-refractivity contribution in [1.82, 2.24) is 9.97 Å². The lowest BCUT2D eigenvalue weighted by atomic mass is 10.2. The zero-order valence-corrected chi connectivity index (χ0v) is 12.1. The average molecular weight is 301 g/mol. The van der Waals surface area contributed by atoms with Gasteiger partial charge in [0.15, 0.2) is 5.15 Å². The summed E-state index contributed by atoms with van der Waals surface area (Å²) in [5.74, 6) is 0.0852. The van der Waals surface area contributed by atoms with Gasteiger partial charge in [0.25, 0.3) is 0 Å². The Kier molecular flexibility index (Phi) is 4.03. The minimum absolute atomic E-state index is 0.0766. The average Bonchev–Trinajstić information content (AvgIpc) is 2.35. The van der Waals surface area contributed by atoms with E-state index in [2.05, 4.69) is 9.97 Å². The van der Waals surface area contributed by atoms with Crippen LogP contribution in [0.15, 0.2) is 29.3 Å². The molecule has 5 nitrogen and oxygen atoms in total. The second-order valence-electron chi connectivity index (χ2n) is 4.44. The molecule has 0 aliphatic rings. The molecule has 102 valence electrons. The Morgan fingerprint density at radius 2 is 1.79 bits per heavy atom. The fraction of sp³-hybridized carbons (Fsp3) is 0.333. The second-order valence-corrected chi connectivity index (χ2v) is 6.33. The van der Waals surface area contributed by atoms with Gasteiger partial charge in [0.05, 0.1) is 17.6 Å². The molecule has 1 aromatic heterocycles. The van der Waals surface area contributed by atoms with Crippen LogP contribution in [-0.4, -0.2) is 25.0 Å². The third-order valence-corrected chi connectivity index (χ3v) is 3.87. The first-order chi connectivity index (χ1) is 8.90. The van der Waals surface area contributed by atoms with Gasteiger partial charge in [-0.25, -0.2) is 9.97 Å². The maximum Gasteiger partial charge on any atom is 0.317 e. The molecule has 2 aromatic rings. The van der Waals surface area contributed by atoms with Gasteiger partial charge >= 0.3 is 10.1 Å². The maximum atomic E-state index is 12.0. The monoisotopic (exact) mass is 300 g/mol. The molecule has 0 saturated carbocycles. The lowest BCUT2D eigenvalue weighted by Crippen LogP contribution is -2.13. The van der Waals surface area contributed by atoms with E-state index >= 15 is 0 Å². The number of hydrogen-bond acceptors (Lipinski definition) is 5. The summed E-state index contributed by atoms with van der Waals surface area (Å²) in [6.45, 7) is 3.78. The first-order valence-corrected chi connectivity index (χ1v) is 7.50. The number of rotatable bonds is 4. The van der Waals surface area contributed by atoms with Crippen LogP contribution in [0, 0.1) is 5.92 Å². The fourth-order valence-corrected chi connectivity index (χ4v) is 2.84. The minimum atomic E-state index is -3.98. The molecule has 0 amide bonds. The molecule has 1 heterocycles. The van der Waals surface area contributed by atoms with Crippen LogP contribution in [0.5, 0.6) is 0 Å². The van der Waals surface area contributed by atoms with Gasteiger partial charge in [0.1, 0.15) is 0 Å². The van der Waals surface area contributed by atoms with Gasteiger partial charge in [-0.15, -0.1) is 0 Å². The highest BCUT2D eigenvalue weighted by molar-refractivity contribution is 7.86. The molecule has 19 heavy (non-hydrogen) atoms. The quantitative estimate of drug-likeness (QED) is 0.812. The molecule has 0 bridgehead atoms.